The van der Waals surface area contributed by atoms with Crippen molar-refractivity contribution in [2.45, 2.75) is 25.7 Å². The van der Waals surface area contributed by atoms with Gasteiger partial charge < -0.3 is 10.6 Å². The van der Waals surface area contributed by atoms with Crippen molar-refractivity contribution in [2.75, 3.05) is 13.1 Å². The SMILES string of the molecule is CC(C)(C(=O)NCCCNC=O)c1ccccc1. The van der Waals surface area contributed by atoms with Crippen molar-refractivity contribution in [1.29, 1.82) is 0 Å². The summed E-state index contributed by atoms with van der Waals surface area (Å²) in [5.41, 5.74) is 0.452. The number of amides is 2. The third-order valence-electron chi connectivity index (χ3n) is 2.93. The van der Waals surface area contributed by atoms with E-state index in [1.807, 2.05) is 44.2 Å². The Balaban J connectivity index is 2.47. The van der Waals surface area contributed by atoms with Crippen LogP contribution in [-0.4, -0.2) is 25.4 Å². The first kappa shape index (κ1) is 14.2. The van der Waals surface area contributed by atoms with Gasteiger partial charge in [-0.2, -0.15) is 0 Å². The molecule has 1 aromatic rings. The molecule has 0 aliphatic heterocycles. The summed E-state index contributed by atoms with van der Waals surface area (Å²) >= 11 is 0. The second-order valence-corrected chi connectivity index (χ2v) is 4.67. The Hall–Kier alpha value is -1.84. The van der Waals surface area contributed by atoms with Crippen molar-refractivity contribution in [3.8, 4) is 0 Å². The van der Waals surface area contributed by atoms with Crippen molar-refractivity contribution in [3.05, 3.63) is 35.9 Å². The van der Waals surface area contributed by atoms with Gasteiger partial charge in [-0.05, 0) is 25.8 Å². The van der Waals surface area contributed by atoms with Gasteiger partial charge in [-0.1, -0.05) is 30.3 Å². The molecule has 0 bridgehead atoms. The predicted octanol–water partition coefficient (Wildman–Crippen LogP) is 1.22. The molecular weight excluding hydrogens is 228 g/mol. The second-order valence-electron chi connectivity index (χ2n) is 4.67. The molecule has 0 saturated carbocycles. The number of hydrogen-bond donors (Lipinski definition) is 2. The third-order valence-corrected chi connectivity index (χ3v) is 2.93. The van der Waals surface area contributed by atoms with E-state index in [9.17, 15) is 9.59 Å². The molecule has 1 aromatic carbocycles. The number of carbonyl (C=O) groups is 2. The van der Waals surface area contributed by atoms with Crippen LogP contribution in [0, 0.1) is 0 Å². The van der Waals surface area contributed by atoms with Crippen molar-refractivity contribution in [2.24, 2.45) is 0 Å². The molecule has 0 unspecified atom stereocenters. The molecule has 18 heavy (non-hydrogen) atoms. The first-order chi connectivity index (χ1) is 8.59. The molecule has 0 saturated heterocycles. The maximum absolute atomic E-state index is 12.1. The van der Waals surface area contributed by atoms with Crippen LogP contribution in [0.4, 0.5) is 0 Å². The van der Waals surface area contributed by atoms with Gasteiger partial charge in [-0.15, -0.1) is 0 Å². The lowest BCUT2D eigenvalue weighted by Gasteiger charge is -2.24. The summed E-state index contributed by atoms with van der Waals surface area (Å²) in [4.78, 5) is 22.1. The lowest BCUT2D eigenvalue weighted by molar-refractivity contribution is -0.125. The molecule has 1 rings (SSSR count). The van der Waals surface area contributed by atoms with Crippen LogP contribution in [0.15, 0.2) is 30.3 Å². The Morgan fingerprint density at radius 2 is 1.89 bits per heavy atom. The summed E-state index contributed by atoms with van der Waals surface area (Å²) in [6.07, 6.45) is 1.39. The van der Waals surface area contributed by atoms with E-state index in [4.69, 9.17) is 0 Å². The molecule has 0 aliphatic rings. The van der Waals surface area contributed by atoms with Crippen LogP contribution >= 0.6 is 0 Å². The van der Waals surface area contributed by atoms with Gasteiger partial charge in [0.25, 0.3) is 0 Å². The molecule has 4 nitrogen and oxygen atoms in total. The summed E-state index contributed by atoms with van der Waals surface area (Å²) < 4.78 is 0. The zero-order valence-electron chi connectivity index (χ0n) is 10.9. The van der Waals surface area contributed by atoms with Crippen molar-refractivity contribution < 1.29 is 9.59 Å². The van der Waals surface area contributed by atoms with E-state index in [-0.39, 0.29) is 5.91 Å². The maximum Gasteiger partial charge on any atom is 0.230 e. The van der Waals surface area contributed by atoms with Gasteiger partial charge in [0.1, 0.15) is 0 Å². The number of carbonyl (C=O) groups excluding carboxylic acids is 2. The van der Waals surface area contributed by atoms with Gasteiger partial charge in [-0.3, -0.25) is 9.59 Å². The Kier molecular flexibility index (Phi) is 5.36. The average Bonchev–Trinajstić information content (AvgIpc) is 2.39. The van der Waals surface area contributed by atoms with E-state index in [1.54, 1.807) is 0 Å². The highest BCUT2D eigenvalue weighted by molar-refractivity contribution is 5.87. The monoisotopic (exact) mass is 248 g/mol. The molecule has 0 fully saturated rings. The Labute approximate surface area is 108 Å². The molecule has 0 spiro atoms. The van der Waals surface area contributed by atoms with E-state index < -0.39 is 5.41 Å². The van der Waals surface area contributed by atoms with Crippen LogP contribution in [0.5, 0.6) is 0 Å². The van der Waals surface area contributed by atoms with Crippen LogP contribution in [-0.2, 0) is 15.0 Å². The molecule has 0 aliphatic carbocycles. The fourth-order valence-corrected chi connectivity index (χ4v) is 1.66. The summed E-state index contributed by atoms with van der Waals surface area (Å²) in [7, 11) is 0. The zero-order chi connectivity index (χ0) is 13.4. The van der Waals surface area contributed by atoms with Crippen LogP contribution in [0.2, 0.25) is 0 Å². The smallest absolute Gasteiger partial charge is 0.230 e. The lowest BCUT2D eigenvalue weighted by Crippen LogP contribution is -2.40. The van der Waals surface area contributed by atoms with Gasteiger partial charge in [-0.25, -0.2) is 0 Å². The number of benzene rings is 1. The second kappa shape index (κ2) is 6.79. The molecule has 0 atom stereocenters. The number of hydrogen-bond acceptors (Lipinski definition) is 2. The first-order valence-corrected chi connectivity index (χ1v) is 6.10. The van der Waals surface area contributed by atoms with Crippen LogP contribution in [0.25, 0.3) is 0 Å². The standard InChI is InChI=1S/C14H20N2O2/c1-14(2,12-7-4-3-5-8-12)13(18)16-10-6-9-15-11-17/h3-5,7-8,11H,6,9-10H2,1-2H3,(H,15,17)(H,16,18). The lowest BCUT2D eigenvalue weighted by atomic mass is 9.84. The van der Waals surface area contributed by atoms with Crippen molar-refractivity contribution in [3.63, 3.8) is 0 Å². The molecular formula is C14H20N2O2. The minimum absolute atomic E-state index is 0.000182. The van der Waals surface area contributed by atoms with E-state index in [0.717, 1.165) is 12.0 Å². The normalized spacial score (nSPS) is 10.8. The highest BCUT2D eigenvalue weighted by atomic mass is 16.2. The summed E-state index contributed by atoms with van der Waals surface area (Å²) in [6, 6.07) is 9.69. The fraction of sp³-hybridized carbons (Fsp3) is 0.429. The van der Waals surface area contributed by atoms with E-state index in [0.29, 0.717) is 19.5 Å². The van der Waals surface area contributed by atoms with Crippen LogP contribution in [0.1, 0.15) is 25.8 Å². The third kappa shape index (κ3) is 3.87. The van der Waals surface area contributed by atoms with Gasteiger partial charge in [0.15, 0.2) is 0 Å². The van der Waals surface area contributed by atoms with Gasteiger partial charge in [0, 0.05) is 13.1 Å². The Morgan fingerprint density at radius 1 is 1.22 bits per heavy atom. The van der Waals surface area contributed by atoms with Crippen LogP contribution < -0.4 is 10.6 Å². The quantitative estimate of drug-likeness (QED) is 0.563. The van der Waals surface area contributed by atoms with E-state index >= 15 is 0 Å². The highest BCUT2D eigenvalue weighted by Crippen LogP contribution is 2.22. The summed E-state index contributed by atoms with van der Waals surface area (Å²) in [5.74, 6) is -0.000182. The van der Waals surface area contributed by atoms with Crippen LogP contribution in [0.3, 0.4) is 0 Å². The molecule has 0 aromatic heterocycles. The van der Waals surface area contributed by atoms with E-state index in [1.165, 1.54) is 0 Å². The predicted molar refractivity (Wildman–Crippen MR) is 71.2 cm³/mol. The molecule has 98 valence electrons. The number of nitrogens with one attached hydrogen (secondary N) is 2. The largest absolute Gasteiger partial charge is 0.359 e. The maximum atomic E-state index is 12.1. The van der Waals surface area contributed by atoms with E-state index in [2.05, 4.69) is 10.6 Å². The van der Waals surface area contributed by atoms with Crippen molar-refractivity contribution in [1.82, 2.24) is 10.6 Å². The first-order valence-electron chi connectivity index (χ1n) is 6.10. The van der Waals surface area contributed by atoms with Gasteiger partial charge in [0.2, 0.25) is 12.3 Å². The minimum atomic E-state index is -0.542. The molecule has 2 N–H and O–H groups in total. The fourth-order valence-electron chi connectivity index (χ4n) is 1.66. The Morgan fingerprint density at radius 3 is 2.50 bits per heavy atom. The van der Waals surface area contributed by atoms with Crippen molar-refractivity contribution >= 4 is 12.3 Å². The topological polar surface area (TPSA) is 58.2 Å². The number of rotatable bonds is 7. The molecule has 0 heterocycles. The van der Waals surface area contributed by atoms with Gasteiger partial charge in [0.05, 0.1) is 5.41 Å². The highest BCUT2D eigenvalue weighted by Gasteiger charge is 2.28. The Bertz CT molecular complexity index is 388. The minimum Gasteiger partial charge on any atom is -0.359 e. The molecule has 2 amide bonds. The van der Waals surface area contributed by atoms with Gasteiger partial charge >= 0.3 is 0 Å². The molecule has 4 heteroatoms. The zero-order valence-corrected chi connectivity index (χ0v) is 10.9. The molecule has 0 radical (unpaired) electrons. The summed E-state index contributed by atoms with van der Waals surface area (Å²) in [5, 5.41) is 5.45. The average molecular weight is 248 g/mol. The summed E-state index contributed by atoms with van der Waals surface area (Å²) in [6.45, 7) is 4.95.